The van der Waals surface area contributed by atoms with Gasteiger partial charge in [0.25, 0.3) is 11.8 Å². The minimum Gasteiger partial charge on any atom is -0.489 e. The summed E-state index contributed by atoms with van der Waals surface area (Å²) in [5, 5.41) is 6.03. The number of nitrogen functional groups attached to an aromatic ring is 1. The van der Waals surface area contributed by atoms with Gasteiger partial charge in [0.1, 0.15) is 16.4 Å². The van der Waals surface area contributed by atoms with Crippen LogP contribution >= 0.6 is 22.9 Å². The Morgan fingerprint density at radius 1 is 1.17 bits per heavy atom. The fourth-order valence-corrected chi connectivity index (χ4v) is 3.53. The first-order chi connectivity index (χ1) is 14.4. The van der Waals surface area contributed by atoms with Crippen LogP contribution < -0.4 is 21.1 Å². The third-order valence-electron chi connectivity index (χ3n) is 4.36. The standard InChI is InChI=1S/C20H18ClN5O3S/c1-10-6-14(21)13(7-15(10)25-19(28)16-9-24-20(22)30-16)18(27)26-17-5-4-12(8-23-17)29-11-2-3-11/h4-9,11H,2-3H2,1H3,(H2,22,24)(H,25,28)(H,23,26,27). The van der Waals surface area contributed by atoms with E-state index in [1.165, 1.54) is 12.3 Å². The van der Waals surface area contributed by atoms with Crippen LogP contribution in [0.1, 0.15) is 38.4 Å². The highest BCUT2D eigenvalue weighted by atomic mass is 35.5. The van der Waals surface area contributed by atoms with Crippen LogP contribution in [0.3, 0.4) is 0 Å². The Morgan fingerprint density at radius 3 is 2.60 bits per heavy atom. The number of anilines is 3. The molecule has 0 bridgehead atoms. The van der Waals surface area contributed by atoms with Gasteiger partial charge in [-0.3, -0.25) is 9.59 Å². The van der Waals surface area contributed by atoms with E-state index in [1.54, 1.807) is 31.3 Å². The lowest BCUT2D eigenvalue weighted by Crippen LogP contribution is -2.16. The van der Waals surface area contributed by atoms with Crippen molar-refractivity contribution in [2.45, 2.75) is 25.9 Å². The molecule has 0 spiro atoms. The third kappa shape index (κ3) is 4.69. The van der Waals surface area contributed by atoms with Gasteiger partial charge in [0.05, 0.1) is 29.1 Å². The average Bonchev–Trinajstić information content (AvgIpc) is 3.42. The number of aryl methyl sites for hydroxylation is 1. The Bertz CT molecular complexity index is 1110. The molecule has 2 amide bonds. The summed E-state index contributed by atoms with van der Waals surface area (Å²) in [7, 11) is 0. The first-order valence-corrected chi connectivity index (χ1v) is 10.4. The van der Waals surface area contributed by atoms with Gasteiger partial charge >= 0.3 is 0 Å². The topological polar surface area (TPSA) is 119 Å². The van der Waals surface area contributed by atoms with Crippen LogP contribution in [-0.4, -0.2) is 27.9 Å². The number of hydrogen-bond donors (Lipinski definition) is 3. The zero-order chi connectivity index (χ0) is 21.3. The van der Waals surface area contributed by atoms with Crippen LogP contribution in [0.25, 0.3) is 0 Å². The van der Waals surface area contributed by atoms with E-state index in [2.05, 4.69) is 20.6 Å². The number of rotatable bonds is 6. The van der Waals surface area contributed by atoms with Crippen molar-refractivity contribution in [3.05, 3.63) is 57.7 Å². The number of pyridine rings is 1. The number of hydrogen-bond acceptors (Lipinski definition) is 7. The van der Waals surface area contributed by atoms with E-state index in [1.807, 2.05) is 0 Å². The van der Waals surface area contributed by atoms with Crippen LogP contribution in [0.4, 0.5) is 16.6 Å². The molecule has 2 aromatic heterocycles. The number of thiazole rings is 1. The van der Waals surface area contributed by atoms with Crippen molar-refractivity contribution in [2.24, 2.45) is 0 Å². The highest BCUT2D eigenvalue weighted by Crippen LogP contribution is 2.28. The van der Waals surface area contributed by atoms with Gasteiger partial charge in [-0.1, -0.05) is 22.9 Å². The lowest BCUT2D eigenvalue weighted by atomic mass is 10.1. The molecule has 1 aliphatic rings. The van der Waals surface area contributed by atoms with Crippen molar-refractivity contribution in [3.63, 3.8) is 0 Å². The minimum absolute atomic E-state index is 0.210. The van der Waals surface area contributed by atoms with Crippen LogP contribution in [0, 0.1) is 6.92 Å². The van der Waals surface area contributed by atoms with Crippen LogP contribution in [0.2, 0.25) is 5.02 Å². The maximum Gasteiger partial charge on any atom is 0.267 e. The summed E-state index contributed by atoms with van der Waals surface area (Å²) in [5.74, 6) is 0.220. The van der Waals surface area contributed by atoms with Crippen molar-refractivity contribution >= 4 is 51.4 Å². The van der Waals surface area contributed by atoms with Crippen molar-refractivity contribution in [3.8, 4) is 5.75 Å². The Balaban J connectivity index is 1.49. The number of carbonyl (C=O) groups is 2. The van der Waals surface area contributed by atoms with Crippen molar-refractivity contribution in [1.29, 1.82) is 0 Å². The molecule has 10 heteroatoms. The fourth-order valence-electron chi connectivity index (χ4n) is 2.64. The molecule has 30 heavy (non-hydrogen) atoms. The Labute approximate surface area is 181 Å². The van der Waals surface area contributed by atoms with Crippen molar-refractivity contribution < 1.29 is 14.3 Å². The highest BCUT2D eigenvalue weighted by molar-refractivity contribution is 7.17. The molecule has 1 saturated carbocycles. The van der Waals surface area contributed by atoms with Gasteiger partial charge in [-0.25, -0.2) is 9.97 Å². The average molecular weight is 444 g/mol. The molecule has 1 aliphatic carbocycles. The molecule has 4 rings (SSSR count). The predicted molar refractivity (Wildman–Crippen MR) is 117 cm³/mol. The van der Waals surface area contributed by atoms with Crippen LogP contribution in [-0.2, 0) is 0 Å². The Hall–Kier alpha value is -3.17. The summed E-state index contributed by atoms with van der Waals surface area (Å²) in [6.07, 6.45) is 5.35. The van der Waals surface area contributed by atoms with E-state index < -0.39 is 5.91 Å². The van der Waals surface area contributed by atoms with Crippen LogP contribution in [0.15, 0.2) is 36.7 Å². The van der Waals surface area contributed by atoms with Crippen molar-refractivity contribution in [1.82, 2.24) is 9.97 Å². The maximum absolute atomic E-state index is 12.7. The lowest BCUT2D eigenvalue weighted by molar-refractivity contribution is 0.101. The highest BCUT2D eigenvalue weighted by Gasteiger charge is 2.23. The number of amides is 2. The molecule has 1 fully saturated rings. The summed E-state index contributed by atoms with van der Waals surface area (Å²) < 4.78 is 5.64. The fraction of sp³-hybridized carbons (Fsp3) is 0.200. The molecule has 1 aromatic carbocycles. The van der Waals surface area contributed by atoms with Gasteiger partial charge in [-0.15, -0.1) is 0 Å². The molecule has 4 N–H and O–H groups in total. The molecule has 2 heterocycles. The number of nitrogens with one attached hydrogen (secondary N) is 2. The normalized spacial score (nSPS) is 13.0. The first-order valence-electron chi connectivity index (χ1n) is 9.16. The minimum atomic E-state index is -0.444. The van der Waals surface area contributed by atoms with E-state index in [0.29, 0.717) is 32.8 Å². The molecule has 3 aromatic rings. The van der Waals surface area contributed by atoms with Gasteiger partial charge < -0.3 is 21.1 Å². The Morgan fingerprint density at radius 2 is 1.97 bits per heavy atom. The third-order valence-corrected chi connectivity index (χ3v) is 5.50. The number of nitrogens with zero attached hydrogens (tertiary/aromatic N) is 2. The summed E-state index contributed by atoms with van der Waals surface area (Å²) >= 11 is 7.35. The number of halogens is 1. The summed E-state index contributed by atoms with van der Waals surface area (Å²) in [6, 6.07) is 6.56. The van der Waals surface area contributed by atoms with Crippen molar-refractivity contribution in [2.75, 3.05) is 16.4 Å². The summed E-state index contributed by atoms with van der Waals surface area (Å²) in [4.78, 5) is 33.6. The zero-order valence-electron chi connectivity index (χ0n) is 15.9. The molecule has 0 atom stereocenters. The lowest BCUT2D eigenvalue weighted by Gasteiger charge is -2.12. The maximum atomic E-state index is 12.7. The summed E-state index contributed by atoms with van der Waals surface area (Å²) in [6.45, 7) is 1.78. The van der Waals surface area contributed by atoms with Gasteiger partial charge in [0.15, 0.2) is 5.13 Å². The molecule has 0 saturated heterocycles. The number of carbonyl (C=O) groups excluding carboxylic acids is 2. The van der Waals surface area contributed by atoms with E-state index in [4.69, 9.17) is 22.1 Å². The van der Waals surface area contributed by atoms with E-state index in [9.17, 15) is 9.59 Å². The van der Waals surface area contributed by atoms with Gasteiger partial charge in [0, 0.05) is 5.69 Å². The number of aromatic nitrogens is 2. The SMILES string of the molecule is Cc1cc(Cl)c(C(=O)Nc2ccc(OC3CC3)cn2)cc1NC(=O)c1cnc(N)s1. The van der Waals surface area contributed by atoms with E-state index in [-0.39, 0.29) is 22.6 Å². The zero-order valence-corrected chi connectivity index (χ0v) is 17.5. The second-order valence-corrected chi connectivity index (χ2v) is 8.28. The summed E-state index contributed by atoms with van der Waals surface area (Å²) in [5.41, 5.74) is 6.96. The molecule has 0 radical (unpaired) electrons. The molecule has 154 valence electrons. The molecule has 8 nitrogen and oxygen atoms in total. The molecular formula is C20H18ClN5O3S. The van der Waals surface area contributed by atoms with Crippen LogP contribution in [0.5, 0.6) is 5.75 Å². The smallest absolute Gasteiger partial charge is 0.267 e. The number of nitrogens with two attached hydrogens (primary N) is 1. The van der Waals surface area contributed by atoms with Gasteiger partial charge in [-0.2, -0.15) is 0 Å². The first kappa shape index (κ1) is 20.1. The predicted octanol–water partition coefficient (Wildman–Crippen LogP) is 4.13. The molecular weight excluding hydrogens is 426 g/mol. The van der Waals surface area contributed by atoms with Gasteiger partial charge in [0.2, 0.25) is 0 Å². The Kier molecular flexibility index (Phi) is 5.56. The molecule has 0 aliphatic heterocycles. The van der Waals surface area contributed by atoms with E-state index in [0.717, 1.165) is 24.2 Å². The van der Waals surface area contributed by atoms with E-state index >= 15 is 0 Å². The monoisotopic (exact) mass is 443 g/mol. The largest absolute Gasteiger partial charge is 0.489 e. The second-order valence-electron chi connectivity index (χ2n) is 6.81. The second kappa shape index (κ2) is 8.29. The molecule has 0 unspecified atom stereocenters. The number of benzene rings is 1. The van der Waals surface area contributed by atoms with Gasteiger partial charge in [-0.05, 0) is 49.6 Å². The number of ether oxygens (including phenoxy) is 1. The quantitative estimate of drug-likeness (QED) is 0.527.